The number of methoxy groups -OCH3 is 1. The fraction of sp³-hybridized carbons (Fsp3) is 0.346. The van der Waals surface area contributed by atoms with Crippen molar-refractivity contribution in [1.82, 2.24) is 15.2 Å². The number of imide groups is 1. The Morgan fingerprint density at radius 1 is 1.11 bits per heavy atom. The van der Waals surface area contributed by atoms with E-state index in [2.05, 4.69) is 15.6 Å². The number of ether oxygens (including phenoxy) is 1. The predicted octanol–water partition coefficient (Wildman–Crippen LogP) is 2.82. The van der Waals surface area contributed by atoms with Gasteiger partial charge >= 0.3 is 0 Å². The molecule has 2 saturated heterocycles. The highest BCUT2D eigenvalue weighted by Gasteiger charge is 2.70. The second-order valence-corrected chi connectivity index (χ2v) is 9.88. The van der Waals surface area contributed by atoms with Crippen LogP contribution >= 0.6 is 11.6 Å². The van der Waals surface area contributed by atoms with E-state index in [9.17, 15) is 14.4 Å². The van der Waals surface area contributed by atoms with Crippen LogP contribution in [0.25, 0.3) is 10.9 Å². The van der Waals surface area contributed by atoms with Gasteiger partial charge in [0.25, 0.3) is 0 Å². The Balaban J connectivity index is 1.45. The quantitative estimate of drug-likeness (QED) is 0.362. The second-order valence-electron chi connectivity index (χ2n) is 9.44. The number of halogens is 1. The van der Waals surface area contributed by atoms with Crippen molar-refractivity contribution in [1.29, 1.82) is 0 Å². The molecule has 3 amide bonds. The van der Waals surface area contributed by atoms with Crippen LogP contribution in [0.5, 0.6) is 0 Å². The van der Waals surface area contributed by atoms with E-state index in [1.807, 2.05) is 30.5 Å². The maximum absolute atomic E-state index is 13.8. The number of H-pyrrole nitrogens is 1. The highest BCUT2D eigenvalue weighted by atomic mass is 35.5. The minimum atomic E-state index is -1.36. The molecule has 3 N–H and O–H groups in total. The third-order valence-electron chi connectivity index (χ3n) is 7.61. The lowest BCUT2D eigenvalue weighted by atomic mass is 9.76. The highest BCUT2D eigenvalue weighted by Crippen LogP contribution is 2.53. The Hall–Kier alpha value is -3.20. The monoisotopic (exact) mass is 492 g/mol. The van der Waals surface area contributed by atoms with Crippen molar-refractivity contribution in [3.8, 4) is 0 Å². The van der Waals surface area contributed by atoms with Gasteiger partial charge in [-0.3, -0.25) is 24.6 Å². The fourth-order valence-electron chi connectivity index (χ4n) is 6.13. The zero-order chi connectivity index (χ0) is 24.3. The van der Waals surface area contributed by atoms with Crippen molar-refractivity contribution in [3.05, 3.63) is 64.8 Å². The lowest BCUT2D eigenvalue weighted by Crippen LogP contribution is -2.53. The highest BCUT2D eigenvalue weighted by molar-refractivity contribution is 6.31. The van der Waals surface area contributed by atoms with Crippen molar-refractivity contribution in [2.24, 2.45) is 11.8 Å². The zero-order valence-corrected chi connectivity index (χ0v) is 19.9. The molecule has 6 rings (SSSR count). The minimum absolute atomic E-state index is 0.242. The van der Waals surface area contributed by atoms with Gasteiger partial charge in [0, 0.05) is 59.7 Å². The van der Waals surface area contributed by atoms with Crippen LogP contribution in [0.1, 0.15) is 17.5 Å². The number of aromatic nitrogens is 1. The molecular formula is C26H25ClN4O4. The van der Waals surface area contributed by atoms with Crippen molar-refractivity contribution in [2.75, 3.05) is 25.6 Å². The van der Waals surface area contributed by atoms with Gasteiger partial charge in [0.1, 0.15) is 5.54 Å². The first-order valence-electron chi connectivity index (χ1n) is 11.7. The number of likely N-dealkylation sites (tertiary alicyclic amines) is 1. The number of para-hydroxylation sites is 1. The number of benzene rings is 2. The molecule has 3 aromatic rings. The molecule has 2 aromatic carbocycles. The third-order valence-corrected chi connectivity index (χ3v) is 7.85. The maximum atomic E-state index is 13.8. The average molecular weight is 493 g/mol. The summed E-state index contributed by atoms with van der Waals surface area (Å²) in [6.45, 7) is 0.700. The summed E-state index contributed by atoms with van der Waals surface area (Å²) in [7, 11) is 1.59. The van der Waals surface area contributed by atoms with Crippen LogP contribution in [0.4, 0.5) is 5.69 Å². The summed E-state index contributed by atoms with van der Waals surface area (Å²) in [5.41, 5.74) is 1.89. The number of anilines is 1. The lowest BCUT2D eigenvalue weighted by molar-refractivity contribution is -0.143. The summed E-state index contributed by atoms with van der Waals surface area (Å²) in [6.07, 6.45) is 2.96. The minimum Gasteiger partial charge on any atom is -0.385 e. The smallest absolute Gasteiger partial charge is 0.250 e. The Morgan fingerprint density at radius 3 is 2.77 bits per heavy atom. The molecule has 3 aliphatic heterocycles. The van der Waals surface area contributed by atoms with Gasteiger partial charge in [0.15, 0.2) is 0 Å². The maximum Gasteiger partial charge on any atom is 0.250 e. The average Bonchev–Trinajstić information content (AvgIpc) is 3.55. The van der Waals surface area contributed by atoms with E-state index in [0.717, 1.165) is 16.5 Å². The van der Waals surface area contributed by atoms with Crippen LogP contribution in [-0.2, 0) is 31.1 Å². The van der Waals surface area contributed by atoms with Gasteiger partial charge < -0.3 is 15.0 Å². The number of nitrogens with one attached hydrogen (secondary N) is 3. The molecule has 0 saturated carbocycles. The first-order valence-corrected chi connectivity index (χ1v) is 12.1. The molecule has 2 fully saturated rings. The zero-order valence-electron chi connectivity index (χ0n) is 19.1. The molecule has 4 unspecified atom stereocenters. The van der Waals surface area contributed by atoms with Crippen LogP contribution in [0.3, 0.4) is 0 Å². The first kappa shape index (κ1) is 22.3. The van der Waals surface area contributed by atoms with Gasteiger partial charge in [-0.2, -0.15) is 0 Å². The summed E-state index contributed by atoms with van der Waals surface area (Å²) >= 11 is 6.32. The lowest BCUT2D eigenvalue weighted by Gasteiger charge is -2.29. The van der Waals surface area contributed by atoms with Gasteiger partial charge in [0.05, 0.1) is 11.8 Å². The topological polar surface area (TPSA) is 104 Å². The SMILES string of the molecule is COCCCN1C(=O)C2C(Cc3c[nH]c4ccccc34)NC3(C(=O)Nc4ccc(Cl)cc43)C2C1=O. The van der Waals surface area contributed by atoms with E-state index in [4.69, 9.17) is 16.3 Å². The molecule has 0 aliphatic carbocycles. The van der Waals surface area contributed by atoms with E-state index in [-0.39, 0.29) is 24.3 Å². The van der Waals surface area contributed by atoms with E-state index in [1.54, 1.807) is 25.3 Å². The first-order chi connectivity index (χ1) is 17.0. The number of hydrogen-bond acceptors (Lipinski definition) is 5. The Labute approximate surface area is 207 Å². The Morgan fingerprint density at radius 2 is 1.94 bits per heavy atom. The number of rotatable bonds is 6. The number of fused-ring (bicyclic) bond motifs is 5. The van der Waals surface area contributed by atoms with Crippen LogP contribution in [-0.4, -0.2) is 53.9 Å². The largest absolute Gasteiger partial charge is 0.385 e. The number of carbonyl (C=O) groups excluding carboxylic acids is 3. The Bertz CT molecular complexity index is 1370. The molecule has 1 spiro atoms. The molecule has 4 atom stereocenters. The normalized spacial score (nSPS) is 27.2. The number of carbonyl (C=O) groups is 3. The van der Waals surface area contributed by atoms with E-state index >= 15 is 0 Å². The van der Waals surface area contributed by atoms with Crippen LogP contribution < -0.4 is 10.6 Å². The number of aromatic amines is 1. The van der Waals surface area contributed by atoms with Crippen molar-refractivity contribution < 1.29 is 19.1 Å². The van der Waals surface area contributed by atoms with Crippen molar-refractivity contribution in [2.45, 2.75) is 24.4 Å². The van der Waals surface area contributed by atoms with E-state index < -0.39 is 23.4 Å². The summed E-state index contributed by atoms with van der Waals surface area (Å²) in [5, 5.41) is 7.91. The van der Waals surface area contributed by atoms with Gasteiger partial charge in [-0.05, 0) is 42.7 Å². The second kappa shape index (κ2) is 8.19. The molecule has 0 radical (unpaired) electrons. The van der Waals surface area contributed by atoms with E-state index in [0.29, 0.717) is 35.7 Å². The Kier molecular flexibility index (Phi) is 5.21. The molecule has 0 bridgehead atoms. The summed E-state index contributed by atoms with van der Waals surface area (Å²) in [5.74, 6) is -2.42. The van der Waals surface area contributed by atoms with Gasteiger partial charge in [0.2, 0.25) is 17.7 Å². The third kappa shape index (κ3) is 3.17. The number of nitrogens with zero attached hydrogens (tertiary/aromatic N) is 1. The van der Waals surface area contributed by atoms with Crippen LogP contribution in [0.15, 0.2) is 48.7 Å². The molecule has 4 heterocycles. The standard InChI is InChI=1S/C26H25ClN4O4/c1-35-10-4-9-31-23(32)21-20(11-14-13-28-18-6-3-2-5-16(14)18)30-26(22(21)24(31)33)17-12-15(27)7-8-19(17)29-25(26)34/h2-3,5-8,12-13,20-22,28,30H,4,9-11H2,1H3,(H,29,34). The molecular weight excluding hydrogens is 468 g/mol. The van der Waals surface area contributed by atoms with Crippen LogP contribution in [0.2, 0.25) is 5.02 Å². The molecule has 1 aromatic heterocycles. The number of amides is 3. The predicted molar refractivity (Wildman–Crippen MR) is 131 cm³/mol. The molecule has 180 valence electrons. The summed E-state index contributed by atoms with van der Waals surface area (Å²) < 4.78 is 5.12. The van der Waals surface area contributed by atoms with Crippen molar-refractivity contribution >= 4 is 45.9 Å². The molecule has 35 heavy (non-hydrogen) atoms. The van der Waals surface area contributed by atoms with Gasteiger partial charge in [-0.25, -0.2) is 0 Å². The number of hydrogen-bond donors (Lipinski definition) is 3. The molecule has 8 nitrogen and oxygen atoms in total. The van der Waals surface area contributed by atoms with Gasteiger partial charge in [-0.1, -0.05) is 29.8 Å². The van der Waals surface area contributed by atoms with Crippen molar-refractivity contribution in [3.63, 3.8) is 0 Å². The summed E-state index contributed by atoms with van der Waals surface area (Å²) in [4.78, 5) is 45.6. The molecule has 9 heteroatoms. The van der Waals surface area contributed by atoms with Crippen LogP contribution in [0, 0.1) is 11.8 Å². The summed E-state index contributed by atoms with van der Waals surface area (Å²) in [6, 6.07) is 12.7. The molecule has 3 aliphatic rings. The van der Waals surface area contributed by atoms with Gasteiger partial charge in [-0.15, -0.1) is 0 Å². The van der Waals surface area contributed by atoms with E-state index in [1.165, 1.54) is 4.90 Å². The fourth-order valence-corrected chi connectivity index (χ4v) is 6.31.